The van der Waals surface area contributed by atoms with Crippen LogP contribution in [0, 0.1) is 11.8 Å². The lowest BCUT2D eigenvalue weighted by molar-refractivity contribution is 0.218. The number of carbonyl (C=O) groups is 1. The molecule has 0 aromatic carbocycles. The molecule has 2 fully saturated rings. The van der Waals surface area contributed by atoms with Gasteiger partial charge >= 0.3 is 6.03 Å². The second-order valence-corrected chi connectivity index (χ2v) is 5.61. The van der Waals surface area contributed by atoms with Crippen molar-refractivity contribution in [1.29, 1.82) is 0 Å². The van der Waals surface area contributed by atoms with E-state index in [1.807, 2.05) is 0 Å². The molecule has 0 aromatic rings. The summed E-state index contributed by atoms with van der Waals surface area (Å²) in [5.41, 5.74) is 0. The number of hydrogen-bond acceptors (Lipinski definition) is 1. The number of carbonyl (C=O) groups excluding carboxylic acids is 1. The van der Waals surface area contributed by atoms with Crippen molar-refractivity contribution < 1.29 is 4.79 Å². The lowest BCUT2D eigenvalue weighted by Crippen LogP contribution is -2.48. The summed E-state index contributed by atoms with van der Waals surface area (Å²) in [6.07, 6.45) is 7.53. The number of hydrogen-bond donors (Lipinski definition) is 2. The summed E-state index contributed by atoms with van der Waals surface area (Å²) in [6.45, 7) is 4.36. The fourth-order valence-corrected chi connectivity index (χ4v) is 2.66. The van der Waals surface area contributed by atoms with Crippen molar-refractivity contribution in [3.63, 3.8) is 0 Å². The zero-order valence-electron chi connectivity index (χ0n) is 10.5. The van der Waals surface area contributed by atoms with E-state index < -0.39 is 0 Å². The van der Waals surface area contributed by atoms with Crippen LogP contribution in [0.1, 0.15) is 52.4 Å². The van der Waals surface area contributed by atoms with E-state index in [2.05, 4.69) is 24.5 Å². The quantitative estimate of drug-likeness (QED) is 0.760. The number of rotatable bonds is 3. The summed E-state index contributed by atoms with van der Waals surface area (Å²) in [6, 6.07) is 0.775. The van der Waals surface area contributed by atoms with E-state index >= 15 is 0 Å². The molecule has 2 rings (SSSR count). The predicted octanol–water partition coefficient (Wildman–Crippen LogP) is 2.66. The molecule has 2 saturated carbocycles. The maximum absolute atomic E-state index is 11.8. The fraction of sp³-hybridized carbons (Fsp3) is 0.923. The lowest BCUT2D eigenvalue weighted by atomic mass is 9.86. The molecule has 0 heterocycles. The Kier molecular flexibility index (Phi) is 3.72. The smallest absolute Gasteiger partial charge is 0.315 e. The minimum Gasteiger partial charge on any atom is -0.335 e. The average molecular weight is 224 g/mol. The maximum atomic E-state index is 11.8. The molecule has 0 radical (unpaired) electrons. The van der Waals surface area contributed by atoms with Crippen molar-refractivity contribution in [3.05, 3.63) is 0 Å². The minimum atomic E-state index is 0.0400. The van der Waals surface area contributed by atoms with Crippen LogP contribution in [0.15, 0.2) is 0 Å². The Hall–Kier alpha value is -0.730. The molecule has 16 heavy (non-hydrogen) atoms. The standard InChI is InChI=1S/C13H24N2O/c1-9-5-3-4-6-12(9)15-13(16)14-10(2)11-7-8-11/h9-12H,3-8H2,1-2H3,(H2,14,15,16). The van der Waals surface area contributed by atoms with Gasteiger partial charge in [-0.3, -0.25) is 0 Å². The zero-order chi connectivity index (χ0) is 11.5. The van der Waals surface area contributed by atoms with Gasteiger partial charge in [-0.1, -0.05) is 19.8 Å². The average Bonchev–Trinajstić information content (AvgIpc) is 3.04. The van der Waals surface area contributed by atoms with E-state index in [9.17, 15) is 4.79 Å². The van der Waals surface area contributed by atoms with Crippen molar-refractivity contribution in [2.24, 2.45) is 11.8 Å². The zero-order valence-corrected chi connectivity index (χ0v) is 10.5. The molecule has 2 N–H and O–H groups in total. The van der Waals surface area contributed by atoms with Crippen LogP contribution in [0.25, 0.3) is 0 Å². The van der Waals surface area contributed by atoms with Gasteiger partial charge in [0.2, 0.25) is 0 Å². The maximum Gasteiger partial charge on any atom is 0.315 e. The Morgan fingerprint density at radius 1 is 1.19 bits per heavy atom. The molecule has 0 aromatic heterocycles. The Balaban J connectivity index is 1.72. The van der Waals surface area contributed by atoms with Gasteiger partial charge in [-0.05, 0) is 44.4 Å². The molecular weight excluding hydrogens is 200 g/mol. The highest BCUT2D eigenvalue weighted by molar-refractivity contribution is 5.74. The van der Waals surface area contributed by atoms with Crippen LogP contribution in [0.5, 0.6) is 0 Å². The number of urea groups is 1. The first-order chi connectivity index (χ1) is 7.66. The topological polar surface area (TPSA) is 41.1 Å². The largest absolute Gasteiger partial charge is 0.335 e. The van der Waals surface area contributed by atoms with Gasteiger partial charge in [0.25, 0.3) is 0 Å². The van der Waals surface area contributed by atoms with Crippen LogP contribution < -0.4 is 10.6 Å². The Bertz CT molecular complexity index is 250. The second kappa shape index (κ2) is 5.07. The first-order valence-corrected chi connectivity index (χ1v) is 6.74. The lowest BCUT2D eigenvalue weighted by Gasteiger charge is -2.30. The van der Waals surface area contributed by atoms with Crippen molar-refractivity contribution >= 4 is 6.03 Å². The van der Waals surface area contributed by atoms with Crippen molar-refractivity contribution in [1.82, 2.24) is 10.6 Å². The minimum absolute atomic E-state index is 0.0400. The molecule has 3 atom stereocenters. The molecule has 2 aliphatic rings. The Morgan fingerprint density at radius 3 is 2.50 bits per heavy atom. The highest BCUT2D eigenvalue weighted by atomic mass is 16.2. The first-order valence-electron chi connectivity index (χ1n) is 6.74. The summed E-state index contributed by atoms with van der Waals surface area (Å²) in [4.78, 5) is 11.8. The third-order valence-corrected chi connectivity index (χ3v) is 4.12. The predicted molar refractivity (Wildman–Crippen MR) is 65.3 cm³/mol. The molecule has 3 heteroatoms. The second-order valence-electron chi connectivity index (χ2n) is 5.61. The van der Waals surface area contributed by atoms with Gasteiger partial charge in [0.15, 0.2) is 0 Å². The monoisotopic (exact) mass is 224 g/mol. The van der Waals surface area contributed by atoms with E-state index in [4.69, 9.17) is 0 Å². The highest BCUT2D eigenvalue weighted by Crippen LogP contribution is 2.32. The van der Waals surface area contributed by atoms with Crippen molar-refractivity contribution in [2.75, 3.05) is 0 Å². The van der Waals surface area contributed by atoms with Crippen molar-refractivity contribution in [3.8, 4) is 0 Å². The summed E-state index contributed by atoms with van der Waals surface area (Å²) in [7, 11) is 0. The SMILES string of the molecule is CC1CCCCC1NC(=O)NC(C)C1CC1. The van der Waals surface area contributed by atoms with E-state index in [0.717, 1.165) is 12.3 Å². The molecule has 0 saturated heterocycles. The molecule has 0 aliphatic heterocycles. The van der Waals surface area contributed by atoms with Gasteiger partial charge < -0.3 is 10.6 Å². The van der Waals surface area contributed by atoms with Crippen LogP contribution in [-0.4, -0.2) is 18.1 Å². The van der Waals surface area contributed by atoms with Gasteiger partial charge in [0.05, 0.1) is 0 Å². The third-order valence-electron chi connectivity index (χ3n) is 4.12. The molecule has 3 nitrogen and oxygen atoms in total. The van der Waals surface area contributed by atoms with Gasteiger partial charge in [0, 0.05) is 12.1 Å². The van der Waals surface area contributed by atoms with Gasteiger partial charge in [0.1, 0.15) is 0 Å². The summed E-state index contributed by atoms with van der Waals surface area (Å²) in [5.74, 6) is 1.37. The normalized spacial score (nSPS) is 31.9. The van der Waals surface area contributed by atoms with E-state index in [-0.39, 0.29) is 6.03 Å². The summed E-state index contributed by atoms with van der Waals surface area (Å²) in [5, 5.41) is 6.19. The summed E-state index contributed by atoms with van der Waals surface area (Å²) >= 11 is 0. The van der Waals surface area contributed by atoms with Crippen LogP contribution in [-0.2, 0) is 0 Å². The highest BCUT2D eigenvalue weighted by Gasteiger charge is 2.30. The van der Waals surface area contributed by atoms with Crippen LogP contribution >= 0.6 is 0 Å². The molecule has 0 spiro atoms. The fourth-order valence-electron chi connectivity index (χ4n) is 2.66. The molecule has 92 valence electrons. The van der Waals surface area contributed by atoms with Crippen molar-refractivity contribution in [2.45, 2.75) is 64.5 Å². The molecular formula is C13H24N2O. The molecule has 0 bridgehead atoms. The Morgan fingerprint density at radius 2 is 1.88 bits per heavy atom. The Labute approximate surface area is 98.4 Å². The van der Waals surface area contributed by atoms with Gasteiger partial charge in [-0.15, -0.1) is 0 Å². The number of amides is 2. The van der Waals surface area contributed by atoms with Crippen LogP contribution in [0.4, 0.5) is 4.79 Å². The van der Waals surface area contributed by atoms with Gasteiger partial charge in [-0.25, -0.2) is 4.79 Å². The van der Waals surface area contributed by atoms with E-state index in [1.165, 1.54) is 32.1 Å². The van der Waals surface area contributed by atoms with Crippen LogP contribution in [0.3, 0.4) is 0 Å². The number of nitrogens with one attached hydrogen (secondary N) is 2. The van der Waals surface area contributed by atoms with E-state index in [0.29, 0.717) is 18.0 Å². The first kappa shape index (κ1) is 11.7. The van der Waals surface area contributed by atoms with E-state index in [1.54, 1.807) is 0 Å². The third kappa shape index (κ3) is 3.13. The van der Waals surface area contributed by atoms with Gasteiger partial charge in [-0.2, -0.15) is 0 Å². The summed E-state index contributed by atoms with van der Waals surface area (Å²) < 4.78 is 0. The van der Waals surface area contributed by atoms with Crippen LogP contribution in [0.2, 0.25) is 0 Å². The molecule has 3 unspecified atom stereocenters. The molecule has 2 amide bonds. The molecule has 2 aliphatic carbocycles.